The minimum atomic E-state index is -0.529. The van der Waals surface area contributed by atoms with Crippen LogP contribution in [0.5, 0.6) is 11.5 Å². The van der Waals surface area contributed by atoms with Crippen LogP contribution in [-0.4, -0.2) is 19.4 Å². The van der Waals surface area contributed by atoms with E-state index >= 15 is 0 Å². The Kier molecular flexibility index (Phi) is 3.27. The van der Waals surface area contributed by atoms with E-state index in [1.807, 2.05) is 0 Å². The van der Waals surface area contributed by atoms with Gasteiger partial charge in [0.1, 0.15) is 12.4 Å². The Morgan fingerprint density at radius 3 is 3.00 bits per heavy atom. The Morgan fingerprint density at radius 2 is 2.24 bits per heavy atom. The lowest BCUT2D eigenvalue weighted by Gasteiger charge is -2.00. The fourth-order valence-corrected chi connectivity index (χ4v) is 1.40. The molecule has 0 unspecified atom stereocenters. The molecule has 0 N–H and O–H groups in total. The highest BCUT2D eigenvalue weighted by atomic mass is 19.1. The van der Waals surface area contributed by atoms with Crippen molar-refractivity contribution in [1.82, 2.24) is 0 Å². The van der Waals surface area contributed by atoms with E-state index in [0.717, 1.165) is 0 Å². The Morgan fingerprint density at radius 1 is 1.47 bits per heavy atom. The van der Waals surface area contributed by atoms with Crippen LogP contribution in [0.1, 0.15) is 12.5 Å². The second kappa shape index (κ2) is 4.86. The van der Waals surface area contributed by atoms with E-state index in [0.29, 0.717) is 17.1 Å². The first-order chi connectivity index (χ1) is 8.15. The zero-order valence-corrected chi connectivity index (χ0v) is 9.23. The molecule has 0 saturated carbocycles. The number of fused-ring (bicyclic) bond motifs is 1. The van der Waals surface area contributed by atoms with Crippen molar-refractivity contribution in [3.63, 3.8) is 0 Å². The number of carbonyl (C=O) groups excluding carboxylic acids is 1. The van der Waals surface area contributed by atoms with E-state index in [1.165, 1.54) is 13.0 Å². The van der Waals surface area contributed by atoms with Crippen LogP contribution in [0.3, 0.4) is 0 Å². The van der Waals surface area contributed by atoms with Crippen LogP contribution in [0.2, 0.25) is 0 Å². The van der Waals surface area contributed by atoms with Gasteiger partial charge < -0.3 is 14.2 Å². The zero-order valence-electron chi connectivity index (χ0n) is 9.23. The Labute approximate surface area is 97.6 Å². The van der Waals surface area contributed by atoms with E-state index in [9.17, 15) is 9.18 Å². The van der Waals surface area contributed by atoms with Crippen LogP contribution in [0.15, 0.2) is 24.0 Å². The first kappa shape index (κ1) is 11.4. The van der Waals surface area contributed by atoms with Crippen molar-refractivity contribution in [2.75, 3.05) is 13.4 Å². The molecule has 1 aromatic carbocycles. The molecule has 0 saturated heterocycles. The molecule has 1 aliphatic heterocycles. The van der Waals surface area contributed by atoms with Gasteiger partial charge in [-0.15, -0.1) is 0 Å². The number of hydrogen-bond donors (Lipinski definition) is 0. The standard InChI is InChI=1S/C12H11FO4/c1-8(14)15-6-10(13)4-9-2-3-11-12(5-9)17-7-16-11/h2-5H,6-7H2,1H3/b10-4-. The van der Waals surface area contributed by atoms with Crippen LogP contribution in [0, 0.1) is 0 Å². The lowest BCUT2D eigenvalue weighted by Crippen LogP contribution is -2.00. The van der Waals surface area contributed by atoms with E-state index in [2.05, 4.69) is 4.74 Å². The summed E-state index contributed by atoms with van der Waals surface area (Å²) in [4.78, 5) is 10.5. The molecule has 0 fully saturated rings. The first-order valence-electron chi connectivity index (χ1n) is 5.04. The molecule has 0 atom stereocenters. The number of hydrogen-bond acceptors (Lipinski definition) is 4. The van der Waals surface area contributed by atoms with Crippen molar-refractivity contribution < 1.29 is 23.4 Å². The fraction of sp³-hybridized carbons (Fsp3) is 0.250. The minimum absolute atomic E-state index is 0.179. The summed E-state index contributed by atoms with van der Waals surface area (Å²) >= 11 is 0. The topological polar surface area (TPSA) is 44.8 Å². The molecule has 17 heavy (non-hydrogen) atoms. The highest BCUT2D eigenvalue weighted by Gasteiger charge is 2.12. The van der Waals surface area contributed by atoms with Gasteiger partial charge in [-0.05, 0) is 23.8 Å². The van der Waals surface area contributed by atoms with Gasteiger partial charge in [0.15, 0.2) is 11.5 Å². The maximum absolute atomic E-state index is 13.3. The van der Waals surface area contributed by atoms with E-state index in [1.54, 1.807) is 18.2 Å². The summed E-state index contributed by atoms with van der Waals surface area (Å²) < 4.78 is 28.1. The molecule has 0 bridgehead atoms. The number of esters is 1. The molecular formula is C12H11FO4. The predicted molar refractivity (Wildman–Crippen MR) is 58.3 cm³/mol. The summed E-state index contributed by atoms with van der Waals surface area (Å²) in [6.45, 7) is 1.05. The monoisotopic (exact) mass is 238 g/mol. The summed E-state index contributed by atoms with van der Waals surface area (Å²) in [5, 5.41) is 0. The third-order valence-electron chi connectivity index (χ3n) is 2.13. The molecule has 1 aliphatic rings. The molecule has 0 aromatic heterocycles. The third kappa shape index (κ3) is 2.96. The van der Waals surface area contributed by atoms with Gasteiger partial charge in [0, 0.05) is 6.92 Å². The lowest BCUT2D eigenvalue weighted by atomic mass is 10.2. The molecule has 90 valence electrons. The highest BCUT2D eigenvalue weighted by Crippen LogP contribution is 2.33. The van der Waals surface area contributed by atoms with Crippen molar-refractivity contribution in [3.05, 3.63) is 29.6 Å². The molecular weight excluding hydrogens is 227 g/mol. The van der Waals surface area contributed by atoms with E-state index < -0.39 is 11.8 Å². The molecule has 0 aliphatic carbocycles. The van der Waals surface area contributed by atoms with Crippen LogP contribution in [0.4, 0.5) is 4.39 Å². The average Bonchev–Trinajstić information content (AvgIpc) is 2.73. The summed E-state index contributed by atoms with van der Waals surface area (Å²) in [5.41, 5.74) is 0.624. The van der Waals surface area contributed by atoms with Crippen molar-refractivity contribution >= 4 is 12.0 Å². The zero-order chi connectivity index (χ0) is 12.3. The summed E-state index contributed by atoms with van der Waals surface area (Å²) in [6, 6.07) is 5.06. The molecule has 0 spiro atoms. The SMILES string of the molecule is CC(=O)OC/C(F)=C/c1ccc2c(c1)OCO2. The number of carbonyl (C=O) groups is 1. The molecule has 0 radical (unpaired) electrons. The fourth-order valence-electron chi connectivity index (χ4n) is 1.40. The van der Waals surface area contributed by atoms with Gasteiger partial charge in [0.2, 0.25) is 6.79 Å². The highest BCUT2D eigenvalue weighted by molar-refractivity contribution is 5.66. The number of ether oxygens (including phenoxy) is 3. The molecule has 2 rings (SSSR count). The minimum Gasteiger partial charge on any atom is -0.459 e. The first-order valence-corrected chi connectivity index (χ1v) is 5.04. The smallest absolute Gasteiger partial charge is 0.303 e. The second-order valence-electron chi connectivity index (χ2n) is 3.48. The van der Waals surface area contributed by atoms with Gasteiger partial charge in [-0.2, -0.15) is 0 Å². The number of rotatable bonds is 3. The summed E-state index contributed by atoms with van der Waals surface area (Å²) in [7, 11) is 0. The van der Waals surface area contributed by atoms with Crippen molar-refractivity contribution in [3.8, 4) is 11.5 Å². The summed E-state index contributed by atoms with van der Waals surface area (Å²) in [6.07, 6.45) is 1.28. The quantitative estimate of drug-likeness (QED) is 0.758. The van der Waals surface area contributed by atoms with Gasteiger partial charge in [0.05, 0.1) is 0 Å². The number of benzene rings is 1. The summed E-state index contributed by atoms with van der Waals surface area (Å²) in [5.74, 6) is 0.180. The predicted octanol–water partition coefficient (Wildman–Crippen LogP) is 2.29. The van der Waals surface area contributed by atoms with Gasteiger partial charge in [-0.25, -0.2) is 4.39 Å². The Bertz CT molecular complexity index is 468. The normalized spacial score (nSPS) is 13.6. The lowest BCUT2D eigenvalue weighted by molar-refractivity contribution is -0.140. The van der Waals surface area contributed by atoms with E-state index in [-0.39, 0.29) is 13.4 Å². The van der Waals surface area contributed by atoms with Gasteiger partial charge >= 0.3 is 5.97 Å². The molecule has 1 heterocycles. The maximum atomic E-state index is 13.3. The molecule has 0 amide bonds. The largest absolute Gasteiger partial charge is 0.459 e. The van der Waals surface area contributed by atoms with E-state index in [4.69, 9.17) is 9.47 Å². The Balaban J connectivity index is 2.07. The average molecular weight is 238 g/mol. The second-order valence-corrected chi connectivity index (χ2v) is 3.48. The van der Waals surface area contributed by atoms with Gasteiger partial charge in [-0.1, -0.05) is 6.07 Å². The molecule has 5 heteroatoms. The van der Waals surface area contributed by atoms with Crippen LogP contribution >= 0.6 is 0 Å². The van der Waals surface area contributed by atoms with Crippen LogP contribution in [0.25, 0.3) is 6.08 Å². The van der Waals surface area contributed by atoms with Crippen LogP contribution < -0.4 is 9.47 Å². The van der Waals surface area contributed by atoms with Crippen molar-refractivity contribution in [2.24, 2.45) is 0 Å². The third-order valence-corrected chi connectivity index (χ3v) is 2.13. The molecule has 4 nitrogen and oxygen atoms in total. The Hall–Kier alpha value is -2.04. The molecule has 1 aromatic rings. The van der Waals surface area contributed by atoms with Crippen molar-refractivity contribution in [1.29, 1.82) is 0 Å². The van der Waals surface area contributed by atoms with Crippen LogP contribution in [-0.2, 0) is 9.53 Å². The van der Waals surface area contributed by atoms with Crippen molar-refractivity contribution in [2.45, 2.75) is 6.92 Å². The number of halogens is 1. The van der Waals surface area contributed by atoms with Gasteiger partial charge in [0.25, 0.3) is 0 Å². The maximum Gasteiger partial charge on any atom is 0.303 e. The van der Waals surface area contributed by atoms with Gasteiger partial charge in [-0.3, -0.25) is 4.79 Å².